The van der Waals surface area contributed by atoms with E-state index in [1.807, 2.05) is 13.8 Å². The van der Waals surface area contributed by atoms with Crippen LogP contribution in [0.5, 0.6) is 0 Å². The lowest BCUT2D eigenvalue weighted by molar-refractivity contribution is -0.138. The molecule has 1 atom stereocenters. The van der Waals surface area contributed by atoms with Gasteiger partial charge in [-0.1, -0.05) is 0 Å². The van der Waals surface area contributed by atoms with Crippen molar-refractivity contribution in [3.63, 3.8) is 0 Å². The predicted molar refractivity (Wildman–Crippen MR) is 89.5 cm³/mol. The lowest BCUT2D eigenvalue weighted by atomic mass is 10.2. The molecule has 24 heavy (non-hydrogen) atoms. The van der Waals surface area contributed by atoms with Gasteiger partial charge in [0.05, 0.1) is 0 Å². The normalized spacial score (nSPS) is 15.3. The quantitative estimate of drug-likeness (QED) is 0.824. The first-order valence-corrected chi connectivity index (χ1v) is 7.78. The molecule has 0 fully saturated rings. The molecular formula is C16H26N4O4. The number of allylic oxidation sites excluding steroid dienone is 2. The van der Waals surface area contributed by atoms with E-state index < -0.39 is 29.7 Å². The average Bonchev–Trinajstić information content (AvgIpc) is 2.43. The molecule has 0 saturated heterocycles. The minimum absolute atomic E-state index is 0.0777. The van der Waals surface area contributed by atoms with E-state index in [0.717, 1.165) is 10.0 Å². The van der Waals surface area contributed by atoms with Gasteiger partial charge in [-0.25, -0.2) is 19.6 Å². The third-order valence-electron chi connectivity index (χ3n) is 2.75. The Morgan fingerprint density at radius 2 is 1.50 bits per heavy atom. The van der Waals surface area contributed by atoms with Crippen LogP contribution in [0.1, 0.15) is 41.5 Å². The SMILES string of the molecule is CC(C)NC(=O)N1C=CC=CN1C(=O)[C@H](C)NC(=O)OC(C)(C)C. The molecule has 134 valence electrons. The summed E-state index contributed by atoms with van der Waals surface area (Å²) in [5.74, 6) is -0.472. The molecule has 0 saturated carbocycles. The molecule has 0 bridgehead atoms. The number of hydrazine groups is 1. The number of alkyl carbamates (subject to hydrolysis) is 1. The van der Waals surface area contributed by atoms with Gasteiger partial charge in [-0.3, -0.25) is 4.79 Å². The average molecular weight is 338 g/mol. The molecule has 0 spiro atoms. The van der Waals surface area contributed by atoms with Crippen molar-refractivity contribution >= 4 is 18.0 Å². The summed E-state index contributed by atoms with van der Waals surface area (Å²) in [6, 6.07) is -1.39. The Hall–Kier alpha value is -2.51. The fourth-order valence-corrected chi connectivity index (χ4v) is 1.81. The number of nitrogens with zero attached hydrogens (tertiary/aromatic N) is 2. The first-order chi connectivity index (χ1) is 11.0. The number of carbonyl (C=O) groups is 3. The second-order valence-electron chi connectivity index (χ2n) is 6.68. The van der Waals surface area contributed by atoms with Crippen LogP contribution < -0.4 is 10.6 Å². The fraction of sp³-hybridized carbons (Fsp3) is 0.562. The van der Waals surface area contributed by atoms with Crippen molar-refractivity contribution in [2.45, 2.75) is 59.2 Å². The Bertz CT molecular complexity index is 549. The molecule has 4 amide bonds. The number of nitrogens with one attached hydrogen (secondary N) is 2. The van der Waals surface area contributed by atoms with E-state index in [0.29, 0.717) is 0 Å². The van der Waals surface area contributed by atoms with Gasteiger partial charge < -0.3 is 15.4 Å². The summed E-state index contributed by atoms with van der Waals surface area (Å²) in [7, 11) is 0. The maximum Gasteiger partial charge on any atom is 0.408 e. The van der Waals surface area contributed by atoms with Crippen LogP contribution in [0.2, 0.25) is 0 Å². The highest BCUT2D eigenvalue weighted by Crippen LogP contribution is 2.11. The van der Waals surface area contributed by atoms with Crippen LogP contribution in [0.3, 0.4) is 0 Å². The van der Waals surface area contributed by atoms with Crippen molar-refractivity contribution in [3.8, 4) is 0 Å². The number of amides is 4. The summed E-state index contributed by atoms with van der Waals surface area (Å²) in [5.41, 5.74) is -0.663. The van der Waals surface area contributed by atoms with E-state index in [-0.39, 0.29) is 6.04 Å². The van der Waals surface area contributed by atoms with Crippen LogP contribution in [-0.4, -0.2) is 45.7 Å². The summed E-state index contributed by atoms with van der Waals surface area (Å²) in [4.78, 5) is 36.5. The molecule has 0 aromatic heterocycles. The van der Waals surface area contributed by atoms with Gasteiger partial charge in [0.2, 0.25) is 0 Å². The van der Waals surface area contributed by atoms with E-state index in [1.165, 1.54) is 19.3 Å². The number of hydrogen-bond acceptors (Lipinski definition) is 4. The molecule has 1 rings (SSSR count). The van der Waals surface area contributed by atoms with Crippen LogP contribution >= 0.6 is 0 Å². The Labute approximate surface area is 142 Å². The van der Waals surface area contributed by atoms with Gasteiger partial charge in [-0.05, 0) is 53.7 Å². The highest BCUT2D eigenvalue weighted by molar-refractivity contribution is 5.88. The van der Waals surface area contributed by atoms with Gasteiger partial charge in [-0.2, -0.15) is 0 Å². The summed E-state index contributed by atoms with van der Waals surface area (Å²) in [6.07, 6.45) is 5.48. The van der Waals surface area contributed by atoms with Crippen LogP contribution in [0.4, 0.5) is 9.59 Å². The summed E-state index contributed by atoms with van der Waals surface area (Å²) >= 11 is 0. The van der Waals surface area contributed by atoms with E-state index >= 15 is 0 Å². The van der Waals surface area contributed by atoms with Gasteiger partial charge in [0.25, 0.3) is 5.91 Å². The molecule has 0 aromatic rings. The van der Waals surface area contributed by atoms with Crippen LogP contribution in [0.15, 0.2) is 24.6 Å². The van der Waals surface area contributed by atoms with E-state index in [4.69, 9.17) is 4.74 Å². The maximum absolute atomic E-state index is 12.5. The van der Waals surface area contributed by atoms with Gasteiger partial charge >= 0.3 is 12.1 Å². The molecule has 1 heterocycles. The topological polar surface area (TPSA) is 91.0 Å². The van der Waals surface area contributed by atoms with Gasteiger partial charge in [0.1, 0.15) is 11.6 Å². The highest BCUT2D eigenvalue weighted by atomic mass is 16.6. The van der Waals surface area contributed by atoms with Gasteiger partial charge in [0.15, 0.2) is 0 Å². The maximum atomic E-state index is 12.5. The molecule has 0 unspecified atom stereocenters. The molecule has 2 N–H and O–H groups in total. The zero-order chi connectivity index (χ0) is 18.5. The molecule has 1 aliphatic rings. The van der Waals surface area contributed by atoms with Crippen molar-refractivity contribution in [1.82, 2.24) is 20.7 Å². The highest BCUT2D eigenvalue weighted by Gasteiger charge is 2.29. The number of hydrogen-bond donors (Lipinski definition) is 2. The Morgan fingerprint density at radius 3 is 2.00 bits per heavy atom. The first-order valence-electron chi connectivity index (χ1n) is 7.78. The van der Waals surface area contributed by atoms with Crippen molar-refractivity contribution in [3.05, 3.63) is 24.6 Å². The van der Waals surface area contributed by atoms with Crippen LogP contribution in [0, 0.1) is 0 Å². The van der Waals surface area contributed by atoms with Crippen molar-refractivity contribution in [2.75, 3.05) is 0 Å². The first kappa shape index (κ1) is 19.5. The Balaban J connectivity index is 2.76. The Morgan fingerprint density at radius 1 is 0.958 bits per heavy atom. The third-order valence-corrected chi connectivity index (χ3v) is 2.75. The fourth-order valence-electron chi connectivity index (χ4n) is 1.81. The van der Waals surface area contributed by atoms with Crippen molar-refractivity contribution in [2.24, 2.45) is 0 Å². The third kappa shape index (κ3) is 5.94. The lowest BCUT2D eigenvalue weighted by Crippen LogP contribution is -2.55. The minimum atomic E-state index is -0.870. The van der Waals surface area contributed by atoms with Crippen LogP contribution in [0.25, 0.3) is 0 Å². The summed E-state index contributed by atoms with van der Waals surface area (Å²) in [5, 5.41) is 7.46. The minimum Gasteiger partial charge on any atom is -0.444 e. The Kier molecular flexibility index (Phi) is 6.39. The summed E-state index contributed by atoms with van der Waals surface area (Å²) in [6.45, 7) is 10.4. The molecular weight excluding hydrogens is 312 g/mol. The largest absolute Gasteiger partial charge is 0.444 e. The zero-order valence-corrected chi connectivity index (χ0v) is 15.0. The van der Waals surface area contributed by atoms with E-state index in [9.17, 15) is 14.4 Å². The molecule has 0 aliphatic carbocycles. The van der Waals surface area contributed by atoms with Crippen LogP contribution in [-0.2, 0) is 9.53 Å². The summed E-state index contributed by atoms with van der Waals surface area (Å²) < 4.78 is 5.13. The smallest absolute Gasteiger partial charge is 0.408 e. The van der Waals surface area contributed by atoms with Crippen molar-refractivity contribution in [1.29, 1.82) is 0 Å². The predicted octanol–water partition coefficient (Wildman–Crippen LogP) is 2.10. The second kappa shape index (κ2) is 7.85. The van der Waals surface area contributed by atoms with Crippen molar-refractivity contribution < 1.29 is 19.1 Å². The standard InChI is InChI=1S/C16H26N4O4/c1-11(2)17-14(22)20-10-8-7-9-19(20)13(21)12(3)18-15(23)24-16(4,5)6/h7-12H,1-6H3,(H,17,22)(H,18,23)/t12-/m0/s1. The molecule has 0 radical (unpaired) electrons. The van der Waals surface area contributed by atoms with Gasteiger partial charge in [0, 0.05) is 18.4 Å². The molecule has 8 heteroatoms. The van der Waals surface area contributed by atoms with E-state index in [2.05, 4.69) is 10.6 Å². The monoisotopic (exact) mass is 338 g/mol. The lowest BCUT2D eigenvalue weighted by Gasteiger charge is -2.33. The molecule has 8 nitrogen and oxygen atoms in total. The number of urea groups is 1. The number of carbonyl (C=O) groups excluding carboxylic acids is 3. The van der Waals surface area contributed by atoms with E-state index in [1.54, 1.807) is 32.9 Å². The van der Waals surface area contributed by atoms with Gasteiger partial charge in [-0.15, -0.1) is 0 Å². The molecule has 1 aliphatic heterocycles. The number of rotatable bonds is 3. The second-order valence-corrected chi connectivity index (χ2v) is 6.68. The zero-order valence-electron chi connectivity index (χ0n) is 15.0. The molecule has 0 aromatic carbocycles. The number of ether oxygens (including phenoxy) is 1.